The second-order valence-electron chi connectivity index (χ2n) is 8.02. The molecule has 7 nitrogen and oxygen atoms in total. The number of rotatable bonds is 2. The van der Waals surface area contributed by atoms with Gasteiger partial charge in [-0.1, -0.05) is 20.4 Å². The predicted molar refractivity (Wildman–Crippen MR) is 90.7 cm³/mol. The summed E-state index contributed by atoms with van der Waals surface area (Å²) in [5.41, 5.74) is -0.496. The van der Waals surface area contributed by atoms with E-state index >= 15 is 0 Å². The Kier molecular flexibility index (Phi) is 4.53. The van der Waals surface area contributed by atoms with Crippen LogP contribution in [0.3, 0.4) is 0 Å². The van der Waals surface area contributed by atoms with Crippen molar-refractivity contribution in [1.82, 2.24) is 0 Å². The van der Waals surface area contributed by atoms with E-state index in [9.17, 15) is 19.8 Å². The molecule has 2 saturated heterocycles. The second kappa shape index (κ2) is 6.18. The molecule has 0 saturated carbocycles. The summed E-state index contributed by atoms with van der Waals surface area (Å²) in [5, 5.41) is 21.4. The lowest BCUT2D eigenvalue weighted by Crippen LogP contribution is -2.45. The standard InChI is InChI=1S/C19H26O7/c1-9(2)16(21)25-13-7-18(5)14(20)8-19(23,26-18)10(3)6-12-15(13)11(4)17(22)24-12/h6,9,12-15,20,23H,4,7-8H2,1-3,5H3/b10-6-/t12-,13+,14-,15-,18+,19+/m0/s1. The molecule has 3 aliphatic heterocycles. The van der Waals surface area contributed by atoms with Gasteiger partial charge in [-0.15, -0.1) is 0 Å². The van der Waals surface area contributed by atoms with E-state index in [1.807, 2.05) is 0 Å². The number of hydrogen-bond acceptors (Lipinski definition) is 7. The summed E-state index contributed by atoms with van der Waals surface area (Å²) < 4.78 is 16.9. The first-order chi connectivity index (χ1) is 12.0. The SMILES string of the molecule is C=C1C(=O)O[C@H]2/C=C(/C)[C@@]3(O)C[C@H](O)[C@@](C)(C[C@@H](OC(=O)C(C)C)[C@@H]12)O3. The second-order valence-corrected chi connectivity index (χ2v) is 8.02. The van der Waals surface area contributed by atoms with Gasteiger partial charge in [0.05, 0.1) is 23.5 Å². The molecule has 2 bridgehead atoms. The zero-order valence-electron chi connectivity index (χ0n) is 15.5. The fraction of sp³-hybridized carbons (Fsp3) is 0.684. The molecular weight excluding hydrogens is 340 g/mol. The third-order valence-corrected chi connectivity index (χ3v) is 5.61. The molecule has 0 spiro atoms. The third-order valence-electron chi connectivity index (χ3n) is 5.61. The minimum Gasteiger partial charge on any atom is -0.461 e. The van der Waals surface area contributed by atoms with E-state index in [1.54, 1.807) is 33.8 Å². The van der Waals surface area contributed by atoms with Crippen molar-refractivity contribution in [3.63, 3.8) is 0 Å². The first-order valence-electron chi connectivity index (χ1n) is 8.86. The van der Waals surface area contributed by atoms with E-state index in [0.717, 1.165) is 0 Å². The van der Waals surface area contributed by atoms with Crippen LogP contribution >= 0.6 is 0 Å². The number of esters is 2. The average Bonchev–Trinajstić information content (AvgIpc) is 2.93. The summed E-state index contributed by atoms with van der Waals surface area (Å²) in [4.78, 5) is 24.3. The van der Waals surface area contributed by atoms with Gasteiger partial charge in [0.15, 0.2) is 5.79 Å². The molecule has 6 atom stereocenters. The van der Waals surface area contributed by atoms with Crippen molar-refractivity contribution in [2.75, 3.05) is 0 Å². The Hall–Kier alpha value is -1.70. The first-order valence-corrected chi connectivity index (χ1v) is 8.86. The Bertz CT molecular complexity index is 681. The van der Waals surface area contributed by atoms with Gasteiger partial charge in [-0.25, -0.2) is 4.79 Å². The van der Waals surface area contributed by atoms with Crippen molar-refractivity contribution in [3.05, 3.63) is 23.8 Å². The highest BCUT2D eigenvalue weighted by atomic mass is 16.7. The van der Waals surface area contributed by atoms with Gasteiger partial charge in [0, 0.05) is 18.4 Å². The van der Waals surface area contributed by atoms with Crippen LogP contribution in [0.5, 0.6) is 0 Å². The number of aliphatic hydroxyl groups excluding tert-OH is 1. The zero-order chi connectivity index (χ0) is 19.4. The maximum atomic E-state index is 12.2. The molecule has 26 heavy (non-hydrogen) atoms. The number of aliphatic hydroxyl groups is 2. The van der Waals surface area contributed by atoms with Crippen LogP contribution in [-0.2, 0) is 23.8 Å². The van der Waals surface area contributed by atoms with E-state index in [-0.39, 0.29) is 24.3 Å². The summed E-state index contributed by atoms with van der Waals surface area (Å²) in [6, 6.07) is 0. The number of ether oxygens (including phenoxy) is 3. The van der Waals surface area contributed by atoms with Crippen LogP contribution in [0.1, 0.15) is 40.5 Å². The highest BCUT2D eigenvalue weighted by Crippen LogP contribution is 2.48. The minimum absolute atomic E-state index is 0.0110. The minimum atomic E-state index is -1.66. The van der Waals surface area contributed by atoms with Crippen LogP contribution in [0.2, 0.25) is 0 Å². The number of fused-ring (bicyclic) bond motifs is 3. The Morgan fingerprint density at radius 1 is 1.42 bits per heavy atom. The monoisotopic (exact) mass is 366 g/mol. The molecule has 144 valence electrons. The fourth-order valence-electron chi connectivity index (χ4n) is 3.88. The topological polar surface area (TPSA) is 102 Å². The smallest absolute Gasteiger partial charge is 0.334 e. The molecule has 3 rings (SSSR count). The number of hydrogen-bond donors (Lipinski definition) is 2. The summed E-state index contributed by atoms with van der Waals surface area (Å²) in [6.45, 7) is 10.6. The van der Waals surface area contributed by atoms with Gasteiger partial charge in [0.25, 0.3) is 0 Å². The molecule has 3 heterocycles. The van der Waals surface area contributed by atoms with Crippen molar-refractivity contribution < 1.29 is 34.0 Å². The van der Waals surface area contributed by atoms with Gasteiger partial charge in [0.1, 0.15) is 12.2 Å². The zero-order valence-corrected chi connectivity index (χ0v) is 15.5. The summed E-state index contributed by atoms with van der Waals surface area (Å²) in [6.07, 6.45) is -0.763. The Balaban J connectivity index is 2.06. The quantitative estimate of drug-likeness (QED) is 0.430. The molecule has 0 aromatic rings. The largest absolute Gasteiger partial charge is 0.461 e. The molecule has 0 radical (unpaired) electrons. The maximum absolute atomic E-state index is 12.2. The van der Waals surface area contributed by atoms with E-state index < -0.39 is 47.6 Å². The van der Waals surface area contributed by atoms with Crippen molar-refractivity contribution in [2.45, 2.75) is 70.2 Å². The van der Waals surface area contributed by atoms with Gasteiger partial charge in [0.2, 0.25) is 0 Å². The first kappa shape index (κ1) is 19.1. The fourth-order valence-corrected chi connectivity index (χ4v) is 3.88. The lowest BCUT2D eigenvalue weighted by molar-refractivity contribution is -0.209. The van der Waals surface area contributed by atoms with Gasteiger partial charge in [-0.05, 0) is 25.5 Å². The van der Waals surface area contributed by atoms with Crippen LogP contribution < -0.4 is 0 Å². The molecule has 2 fully saturated rings. The molecule has 0 amide bonds. The molecule has 2 N–H and O–H groups in total. The van der Waals surface area contributed by atoms with Crippen molar-refractivity contribution in [3.8, 4) is 0 Å². The lowest BCUT2D eigenvalue weighted by Gasteiger charge is -2.34. The molecule has 7 heteroatoms. The summed E-state index contributed by atoms with van der Waals surface area (Å²) in [7, 11) is 0. The van der Waals surface area contributed by atoms with Crippen molar-refractivity contribution in [1.29, 1.82) is 0 Å². The van der Waals surface area contributed by atoms with Crippen LogP contribution in [-0.4, -0.2) is 51.9 Å². The van der Waals surface area contributed by atoms with Crippen LogP contribution in [0, 0.1) is 11.8 Å². The van der Waals surface area contributed by atoms with Gasteiger partial charge < -0.3 is 24.4 Å². The molecule has 0 unspecified atom stereocenters. The van der Waals surface area contributed by atoms with Gasteiger partial charge in [-0.3, -0.25) is 4.79 Å². The van der Waals surface area contributed by atoms with E-state index in [2.05, 4.69) is 6.58 Å². The lowest BCUT2D eigenvalue weighted by atomic mass is 9.80. The average molecular weight is 366 g/mol. The number of carbonyl (C=O) groups excluding carboxylic acids is 2. The Labute approximate surface area is 152 Å². The molecule has 0 aliphatic carbocycles. The van der Waals surface area contributed by atoms with Crippen molar-refractivity contribution in [2.24, 2.45) is 11.8 Å². The summed E-state index contributed by atoms with van der Waals surface area (Å²) in [5.74, 6) is -3.60. The highest BCUT2D eigenvalue weighted by molar-refractivity contribution is 5.91. The van der Waals surface area contributed by atoms with E-state index in [4.69, 9.17) is 14.2 Å². The van der Waals surface area contributed by atoms with Crippen molar-refractivity contribution >= 4 is 11.9 Å². The van der Waals surface area contributed by atoms with Crippen LogP contribution in [0.25, 0.3) is 0 Å². The van der Waals surface area contributed by atoms with Crippen LogP contribution in [0.4, 0.5) is 0 Å². The molecule has 3 aliphatic rings. The maximum Gasteiger partial charge on any atom is 0.334 e. The Morgan fingerprint density at radius 2 is 2.08 bits per heavy atom. The van der Waals surface area contributed by atoms with Crippen LogP contribution in [0.15, 0.2) is 23.8 Å². The van der Waals surface area contributed by atoms with E-state index in [0.29, 0.717) is 5.57 Å². The van der Waals surface area contributed by atoms with E-state index in [1.165, 1.54) is 0 Å². The molecular formula is C19H26O7. The normalized spacial score (nSPS) is 44.5. The summed E-state index contributed by atoms with van der Waals surface area (Å²) >= 11 is 0. The number of carbonyl (C=O) groups is 2. The highest BCUT2D eigenvalue weighted by Gasteiger charge is 2.58. The predicted octanol–water partition coefficient (Wildman–Crippen LogP) is 1.23. The van der Waals surface area contributed by atoms with Gasteiger partial charge in [-0.2, -0.15) is 0 Å². The Morgan fingerprint density at radius 3 is 2.69 bits per heavy atom. The third kappa shape index (κ3) is 2.98. The molecule has 0 aromatic heterocycles. The molecule has 0 aromatic carbocycles. The van der Waals surface area contributed by atoms with Gasteiger partial charge >= 0.3 is 11.9 Å².